The van der Waals surface area contributed by atoms with Crippen molar-refractivity contribution in [1.29, 1.82) is 0 Å². The van der Waals surface area contributed by atoms with E-state index in [1.807, 2.05) is 0 Å². The molecule has 5 heteroatoms. The number of benzene rings is 1. The molecule has 0 radical (unpaired) electrons. The molecule has 0 bridgehead atoms. The molecule has 1 unspecified atom stereocenters. The van der Waals surface area contributed by atoms with E-state index < -0.39 is 16.0 Å². The molecule has 0 aliphatic rings. The molecule has 0 saturated carbocycles. The Morgan fingerprint density at radius 2 is 1.75 bits per heavy atom. The first-order valence-corrected chi connectivity index (χ1v) is 7.87. The van der Waals surface area contributed by atoms with Gasteiger partial charge in [-0.2, -0.15) is 0 Å². The molecule has 1 atom stereocenters. The Morgan fingerprint density at radius 3 is 2.40 bits per heavy atom. The first kappa shape index (κ1) is 17.0. The van der Waals surface area contributed by atoms with Crippen molar-refractivity contribution < 1.29 is 17.9 Å². The highest BCUT2D eigenvalue weighted by molar-refractivity contribution is 7.38. The first-order chi connectivity index (χ1) is 9.04. The maximum Gasteiger partial charge on any atom is 0.600 e. The van der Waals surface area contributed by atoms with E-state index in [1.165, 1.54) is 0 Å². The largest absolute Gasteiger partial charge is 1.00 e. The second-order valence-corrected chi connectivity index (χ2v) is 6.75. The lowest BCUT2D eigenvalue weighted by molar-refractivity contribution is -0.0867. The lowest BCUT2D eigenvalue weighted by Crippen LogP contribution is -3.00. The number of unbranched alkanes of at least 4 members (excludes halogenated alkanes) is 3. The summed E-state index contributed by atoms with van der Waals surface area (Å²) in [6.07, 6.45) is 4.63. The highest BCUT2D eigenvalue weighted by Gasteiger charge is 2.47. The fourth-order valence-electron chi connectivity index (χ4n) is 2.33. The Kier molecular flexibility index (Phi) is 5.99. The van der Waals surface area contributed by atoms with Crippen LogP contribution in [0.3, 0.4) is 0 Å². The van der Waals surface area contributed by atoms with Crippen molar-refractivity contribution in [1.82, 2.24) is 0 Å². The predicted molar refractivity (Wildman–Crippen MR) is 75.6 cm³/mol. The molecule has 20 heavy (non-hydrogen) atoms. The minimum Gasteiger partial charge on any atom is -1.00 e. The zero-order chi connectivity index (χ0) is 13.9. The maximum absolute atomic E-state index is 13.2. The summed E-state index contributed by atoms with van der Waals surface area (Å²) in [4.78, 5) is 0.560. The lowest BCUT2D eigenvalue weighted by Gasteiger charge is -2.00. The highest BCUT2D eigenvalue weighted by Crippen LogP contribution is 2.51. The van der Waals surface area contributed by atoms with Crippen molar-refractivity contribution in [2.24, 2.45) is 0 Å². The molecule has 2 aromatic rings. The van der Waals surface area contributed by atoms with Gasteiger partial charge in [0.1, 0.15) is 0 Å². The molecule has 0 N–H and O–H groups in total. The van der Waals surface area contributed by atoms with Gasteiger partial charge in [-0.1, -0.05) is 38.3 Å². The molecular formula is C15H18F4S. The number of halogens is 4. The normalized spacial score (nSPS) is 12.5. The van der Waals surface area contributed by atoms with Gasteiger partial charge in [-0.25, -0.2) is 0 Å². The van der Waals surface area contributed by atoms with E-state index in [1.54, 1.807) is 30.3 Å². The average Bonchev–Trinajstić information content (AvgIpc) is 2.72. The third-order valence-corrected chi connectivity index (χ3v) is 5.35. The number of aryl methyl sites for hydroxylation is 1. The van der Waals surface area contributed by atoms with Gasteiger partial charge in [0.05, 0.1) is 10.5 Å². The molecule has 0 aliphatic heterocycles. The summed E-state index contributed by atoms with van der Waals surface area (Å²) in [5.74, 6) is 0. The summed E-state index contributed by atoms with van der Waals surface area (Å²) < 4.78 is 40.2. The van der Waals surface area contributed by atoms with E-state index in [-0.39, 0.29) is 4.70 Å². The first-order valence-electron chi connectivity index (χ1n) is 6.64. The summed E-state index contributed by atoms with van der Waals surface area (Å²) in [5.41, 5.74) is -4.15. The van der Waals surface area contributed by atoms with Gasteiger partial charge in [0.15, 0.2) is 9.58 Å². The molecule has 1 aromatic heterocycles. The van der Waals surface area contributed by atoms with Gasteiger partial charge in [-0.3, -0.25) is 0 Å². The van der Waals surface area contributed by atoms with Crippen LogP contribution in [0.25, 0.3) is 10.1 Å². The van der Waals surface area contributed by atoms with Crippen LogP contribution in [0.5, 0.6) is 0 Å². The molecule has 0 fully saturated rings. The van der Waals surface area contributed by atoms with Crippen LogP contribution >= 0.6 is 10.5 Å². The van der Waals surface area contributed by atoms with Crippen molar-refractivity contribution >= 4 is 20.6 Å². The third-order valence-electron chi connectivity index (χ3n) is 3.23. The van der Waals surface area contributed by atoms with Crippen molar-refractivity contribution in [3.63, 3.8) is 0 Å². The number of fused-ring (bicyclic) bond motifs is 1. The molecule has 0 amide bonds. The van der Waals surface area contributed by atoms with Crippen LogP contribution in [-0.4, -0.2) is 0 Å². The smallest absolute Gasteiger partial charge is 0.600 e. The Bertz CT molecular complexity index is 542. The molecule has 0 saturated heterocycles. The van der Waals surface area contributed by atoms with Crippen LogP contribution in [0.2, 0.25) is 0 Å². The molecule has 0 nitrogen and oxygen atoms in total. The van der Waals surface area contributed by atoms with Gasteiger partial charge in [-0.05, 0) is 18.6 Å². The van der Waals surface area contributed by atoms with Crippen LogP contribution in [0, 0.1) is 0 Å². The second-order valence-electron chi connectivity index (χ2n) is 4.71. The Balaban J connectivity index is 0.00000200. The van der Waals surface area contributed by atoms with Crippen molar-refractivity contribution in [2.75, 3.05) is 0 Å². The summed E-state index contributed by atoms with van der Waals surface area (Å²) in [7, 11) is -1.70. The molecule has 2 rings (SSSR count). The van der Waals surface area contributed by atoms with Crippen LogP contribution < -0.4 is 4.70 Å². The molecule has 112 valence electrons. The molecule has 0 spiro atoms. The average molecular weight is 306 g/mol. The number of thiophene rings is 1. The Labute approximate surface area is 119 Å². The van der Waals surface area contributed by atoms with Crippen molar-refractivity contribution in [3.8, 4) is 0 Å². The van der Waals surface area contributed by atoms with E-state index in [0.717, 1.165) is 31.1 Å². The number of hydrogen-bond donors (Lipinski definition) is 0. The van der Waals surface area contributed by atoms with Gasteiger partial charge in [-0.15, -0.1) is 13.2 Å². The van der Waals surface area contributed by atoms with Gasteiger partial charge < -0.3 is 4.70 Å². The fourth-order valence-corrected chi connectivity index (χ4v) is 4.33. The van der Waals surface area contributed by atoms with E-state index >= 15 is 0 Å². The second kappa shape index (κ2) is 7.07. The van der Waals surface area contributed by atoms with Crippen LogP contribution in [0.4, 0.5) is 13.2 Å². The van der Waals surface area contributed by atoms with Crippen LogP contribution in [0.1, 0.15) is 37.5 Å². The van der Waals surface area contributed by atoms with E-state index in [2.05, 4.69) is 6.92 Å². The fraction of sp³-hybridized carbons (Fsp3) is 0.467. The number of hydrogen-bond acceptors (Lipinski definition) is 0. The summed E-state index contributed by atoms with van der Waals surface area (Å²) >= 11 is 0. The SMILES string of the molecule is CCCCCCc1cc2ccccc2[s+]1C(F)(F)F.[F-]. The minimum atomic E-state index is -4.15. The summed E-state index contributed by atoms with van der Waals surface area (Å²) in [5, 5.41) is 0.744. The topological polar surface area (TPSA) is 0 Å². The zero-order valence-corrected chi connectivity index (χ0v) is 12.2. The van der Waals surface area contributed by atoms with Gasteiger partial charge >= 0.3 is 5.51 Å². The molecular weight excluding hydrogens is 288 g/mol. The van der Waals surface area contributed by atoms with E-state index in [9.17, 15) is 13.2 Å². The standard InChI is InChI=1S/C15H18F3S.FH/c1-2-3-4-5-9-13-11-12-8-6-7-10-14(12)19(13)15(16,17)18;/h6-8,10-11H,2-5,9H2,1H3;1H/q+1;/p-1. The monoisotopic (exact) mass is 306 g/mol. The summed E-state index contributed by atoms with van der Waals surface area (Å²) in [6, 6.07) is 8.63. The molecule has 1 aromatic carbocycles. The third kappa shape index (κ3) is 3.72. The maximum atomic E-state index is 13.2. The quantitative estimate of drug-likeness (QED) is 0.452. The van der Waals surface area contributed by atoms with E-state index in [4.69, 9.17) is 0 Å². The van der Waals surface area contributed by atoms with Gasteiger partial charge in [0.2, 0.25) is 0 Å². The zero-order valence-electron chi connectivity index (χ0n) is 11.3. The van der Waals surface area contributed by atoms with Crippen molar-refractivity contribution in [3.05, 3.63) is 35.2 Å². The Hall–Kier alpha value is -1.10. The lowest BCUT2D eigenvalue weighted by atomic mass is 10.1. The van der Waals surface area contributed by atoms with Crippen LogP contribution in [-0.2, 0) is 11.9 Å². The Morgan fingerprint density at radius 1 is 1.05 bits per heavy atom. The van der Waals surface area contributed by atoms with E-state index in [0.29, 0.717) is 16.0 Å². The minimum absolute atomic E-state index is 0. The number of rotatable bonds is 5. The van der Waals surface area contributed by atoms with Crippen molar-refractivity contribution in [2.45, 2.75) is 44.5 Å². The molecule has 1 heterocycles. The van der Waals surface area contributed by atoms with Crippen LogP contribution in [0.15, 0.2) is 30.3 Å². The molecule has 0 aliphatic carbocycles. The van der Waals surface area contributed by atoms with Gasteiger partial charge in [0.25, 0.3) is 0 Å². The van der Waals surface area contributed by atoms with Gasteiger partial charge in [0, 0.05) is 17.9 Å². The number of alkyl halides is 3. The predicted octanol–water partition coefficient (Wildman–Crippen LogP) is 3.19. The highest BCUT2D eigenvalue weighted by atomic mass is 32.2. The summed E-state index contributed by atoms with van der Waals surface area (Å²) in [6.45, 7) is 2.10.